The first kappa shape index (κ1) is 19.7. The lowest BCUT2D eigenvalue weighted by atomic mass is 10.0. The summed E-state index contributed by atoms with van der Waals surface area (Å²) in [6, 6.07) is 0. The Bertz CT molecular complexity index is 250. The Morgan fingerprint density at radius 2 is 1.18 bits per heavy atom. The van der Waals surface area contributed by atoms with Gasteiger partial charge < -0.3 is 0 Å². The summed E-state index contributed by atoms with van der Waals surface area (Å²) >= 11 is 0. The quantitative estimate of drug-likeness (QED) is 0.335. The summed E-state index contributed by atoms with van der Waals surface area (Å²) in [4.78, 5) is 4.40. The molecule has 1 aliphatic heterocycles. The van der Waals surface area contributed by atoms with E-state index in [1.165, 1.54) is 103 Å². The summed E-state index contributed by atoms with van der Waals surface area (Å²) in [6.45, 7) is 3.27. The third kappa shape index (κ3) is 12.2. The van der Waals surface area contributed by atoms with E-state index in [0.29, 0.717) is 6.17 Å². The monoisotopic (exact) mass is 308 g/mol. The van der Waals surface area contributed by atoms with Crippen LogP contribution in [0.5, 0.6) is 0 Å². The van der Waals surface area contributed by atoms with Crippen molar-refractivity contribution in [1.29, 1.82) is 0 Å². The highest BCUT2D eigenvalue weighted by Gasteiger charge is 2.07. The minimum Gasteiger partial charge on any atom is -0.291 e. The molecular formula is C20H40N2. The van der Waals surface area contributed by atoms with Gasteiger partial charge in [0.1, 0.15) is 0 Å². The molecule has 1 rings (SSSR count). The summed E-state index contributed by atoms with van der Waals surface area (Å²) in [5.74, 6) is 0. The topological polar surface area (TPSA) is 24.4 Å². The molecule has 0 amide bonds. The highest BCUT2D eigenvalue weighted by Crippen LogP contribution is 2.14. The van der Waals surface area contributed by atoms with E-state index >= 15 is 0 Å². The van der Waals surface area contributed by atoms with Gasteiger partial charge in [-0.05, 0) is 12.8 Å². The van der Waals surface area contributed by atoms with Crippen molar-refractivity contribution in [3.63, 3.8) is 0 Å². The van der Waals surface area contributed by atoms with Gasteiger partial charge in [-0.3, -0.25) is 10.3 Å². The van der Waals surface area contributed by atoms with Crippen LogP contribution in [0.2, 0.25) is 0 Å². The van der Waals surface area contributed by atoms with Crippen molar-refractivity contribution < 1.29 is 0 Å². The SMILES string of the molecule is CCCCCCCCCCCCCCCCCC1N=CCN1. The molecule has 0 radical (unpaired) electrons. The summed E-state index contributed by atoms with van der Waals surface area (Å²) in [5, 5.41) is 3.38. The molecule has 2 heteroatoms. The third-order valence-electron chi connectivity index (χ3n) is 4.81. The molecule has 1 atom stereocenters. The zero-order valence-electron chi connectivity index (χ0n) is 15.1. The molecule has 1 N–H and O–H groups in total. The van der Waals surface area contributed by atoms with E-state index in [0.717, 1.165) is 6.54 Å². The zero-order chi connectivity index (χ0) is 15.7. The van der Waals surface area contributed by atoms with Gasteiger partial charge >= 0.3 is 0 Å². The number of nitrogens with one attached hydrogen (secondary N) is 1. The molecule has 0 bridgehead atoms. The van der Waals surface area contributed by atoms with Crippen LogP contribution in [-0.4, -0.2) is 18.9 Å². The highest BCUT2D eigenvalue weighted by atomic mass is 15.1. The molecule has 1 unspecified atom stereocenters. The normalized spacial score (nSPS) is 17.4. The first-order chi connectivity index (χ1) is 10.9. The predicted molar refractivity (Wildman–Crippen MR) is 99.8 cm³/mol. The van der Waals surface area contributed by atoms with Crippen LogP contribution in [0.25, 0.3) is 0 Å². The zero-order valence-corrected chi connectivity index (χ0v) is 15.1. The Morgan fingerprint density at radius 3 is 1.59 bits per heavy atom. The maximum atomic E-state index is 4.40. The van der Waals surface area contributed by atoms with Gasteiger partial charge in [0.2, 0.25) is 0 Å². The van der Waals surface area contributed by atoms with Gasteiger partial charge in [-0.15, -0.1) is 0 Å². The van der Waals surface area contributed by atoms with Crippen LogP contribution in [0.4, 0.5) is 0 Å². The Balaban J connectivity index is 1.65. The van der Waals surface area contributed by atoms with Gasteiger partial charge in [-0.25, -0.2) is 0 Å². The number of unbranched alkanes of at least 4 members (excludes halogenated alkanes) is 14. The summed E-state index contributed by atoms with van der Waals surface area (Å²) in [5.41, 5.74) is 0. The Kier molecular flexibility index (Phi) is 13.9. The Labute approximate surface area is 139 Å². The Hall–Kier alpha value is -0.370. The van der Waals surface area contributed by atoms with Crippen molar-refractivity contribution in [3.8, 4) is 0 Å². The maximum Gasteiger partial charge on any atom is 0.0993 e. The van der Waals surface area contributed by atoms with Crippen molar-refractivity contribution >= 4 is 6.21 Å². The second-order valence-electron chi connectivity index (χ2n) is 6.99. The molecular weight excluding hydrogens is 268 g/mol. The van der Waals surface area contributed by atoms with Crippen molar-refractivity contribution in [2.45, 2.75) is 116 Å². The molecule has 2 nitrogen and oxygen atoms in total. The van der Waals surface area contributed by atoms with Crippen LogP contribution in [0, 0.1) is 0 Å². The fourth-order valence-electron chi connectivity index (χ4n) is 3.31. The molecule has 1 heterocycles. The standard InChI is InChI=1S/C20H40N2/c1-2-3-4-5-6-7-8-9-10-11-12-13-14-15-16-17-20-21-18-19-22-20/h18,20,22H,2-17,19H2,1H3. The lowest BCUT2D eigenvalue weighted by molar-refractivity contribution is 0.496. The molecule has 0 aromatic heterocycles. The van der Waals surface area contributed by atoms with Gasteiger partial charge in [0.15, 0.2) is 0 Å². The molecule has 1 aliphatic rings. The van der Waals surface area contributed by atoms with E-state index in [4.69, 9.17) is 0 Å². The van der Waals surface area contributed by atoms with Gasteiger partial charge in [0.25, 0.3) is 0 Å². The Morgan fingerprint density at radius 1 is 0.727 bits per heavy atom. The lowest BCUT2D eigenvalue weighted by Gasteiger charge is -2.07. The number of aliphatic imine (C=N–C) groups is 1. The van der Waals surface area contributed by atoms with Crippen LogP contribution in [0.1, 0.15) is 110 Å². The summed E-state index contributed by atoms with van der Waals surface area (Å²) in [7, 11) is 0. The van der Waals surface area contributed by atoms with Crippen molar-refractivity contribution in [3.05, 3.63) is 0 Å². The summed E-state index contributed by atoms with van der Waals surface area (Å²) in [6.07, 6.45) is 25.3. The number of rotatable bonds is 16. The van der Waals surface area contributed by atoms with E-state index in [9.17, 15) is 0 Å². The van der Waals surface area contributed by atoms with Crippen molar-refractivity contribution in [1.82, 2.24) is 5.32 Å². The van der Waals surface area contributed by atoms with Gasteiger partial charge in [0.05, 0.1) is 6.17 Å². The molecule has 130 valence electrons. The predicted octanol–water partition coefficient (Wildman–Crippen LogP) is 6.25. The van der Waals surface area contributed by atoms with Gasteiger partial charge in [0, 0.05) is 12.8 Å². The van der Waals surface area contributed by atoms with Crippen LogP contribution < -0.4 is 5.32 Å². The number of nitrogens with zero attached hydrogens (tertiary/aromatic N) is 1. The number of hydrogen-bond donors (Lipinski definition) is 1. The number of hydrogen-bond acceptors (Lipinski definition) is 2. The largest absolute Gasteiger partial charge is 0.291 e. The van der Waals surface area contributed by atoms with Crippen LogP contribution in [0.15, 0.2) is 4.99 Å². The van der Waals surface area contributed by atoms with Gasteiger partial charge in [-0.2, -0.15) is 0 Å². The van der Waals surface area contributed by atoms with E-state index in [1.54, 1.807) is 0 Å². The van der Waals surface area contributed by atoms with E-state index in [2.05, 4.69) is 17.2 Å². The highest BCUT2D eigenvalue weighted by molar-refractivity contribution is 5.61. The summed E-state index contributed by atoms with van der Waals surface area (Å²) < 4.78 is 0. The first-order valence-electron chi connectivity index (χ1n) is 10.2. The molecule has 0 saturated carbocycles. The fourth-order valence-corrected chi connectivity index (χ4v) is 3.31. The fraction of sp³-hybridized carbons (Fsp3) is 0.950. The molecule has 0 aliphatic carbocycles. The maximum absolute atomic E-state index is 4.40. The first-order valence-corrected chi connectivity index (χ1v) is 10.2. The van der Waals surface area contributed by atoms with Crippen LogP contribution in [-0.2, 0) is 0 Å². The second kappa shape index (κ2) is 15.5. The van der Waals surface area contributed by atoms with E-state index in [-0.39, 0.29) is 0 Å². The van der Waals surface area contributed by atoms with Gasteiger partial charge in [-0.1, -0.05) is 96.8 Å². The third-order valence-corrected chi connectivity index (χ3v) is 4.81. The van der Waals surface area contributed by atoms with Crippen molar-refractivity contribution in [2.75, 3.05) is 6.54 Å². The molecule has 22 heavy (non-hydrogen) atoms. The van der Waals surface area contributed by atoms with E-state index in [1.807, 2.05) is 6.21 Å². The van der Waals surface area contributed by atoms with Crippen LogP contribution >= 0.6 is 0 Å². The average Bonchev–Trinajstić information content (AvgIpc) is 3.04. The van der Waals surface area contributed by atoms with Crippen LogP contribution in [0.3, 0.4) is 0 Å². The molecule has 0 aromatic carbocycles. The second-order valence-corrected chi connectivity index (χ2v) is 6.99. The minimum absolute atomic E-state index is 0.432. The smallest absolute Gasteiger partial charge is 0.0993 e. The average molecular weight is 309 g/mol. The molecule has 0 saturated heterocycles. The molecule has 0 aromatic rings. The van der Waals surface area contributed by atoms with Crippen molar-refractivity contribution in [2.24, 2.45) is 4.99 Å². The molecule has 0 fully saturated rings. The lowest BCUT2D eigenvalue weighted by Crippen LogP contribution is -2.21. The molecule has 0 spiro atoms. The van der Waals surface area contributed by atoms with E-state index < -0.39 is 0 Å². The minimum atomic E-state index is 0.432.